The molecule has 1 aromatic carbocycles. The standard InChI is InChI=1S/C22H37NO/c1-5-9-11-12-18(7-3)21(8-4)22(13-10-6-2)19-14-16-20(23-24)17-15-19/h14-18,21-22H,5-13H2,1-4H3. The molecule has 0 radical (unpaired) electrons. The molecule has 0 aromatic heterocycles. The Hall–Kier alpha value is -1.18. The molecule has 0 saturated carbocycles. The zero-order chi connectivity index (χ0) is 17.8. The van der Waals surface area contributed by atoms with Crippen LogP contribution in [0.1, 0.15) is 97.0 Å². The fourth-order valence-electron chi connectivity index (χ4n) is 4.16. The van der Waals surface area contributed by atoms with Gasteiger partial charge in [-0.05, 0) is 47.0 Å². The minimum absolute atomic E-state index is 0.538. The maximum Gasteiger partial charge on any atom is 0.108 e. The van der Waals surface area contributed by atoms with Gasteiger partial charge in [0, 0.05) is 0 Å². The summed E-state index contributed by atoms with van der Waals surface area (Å²) in [5.41, 5.74) is 1.94. The van der Waals surface area contributed by atoms with Crippen molar-refractivity contribution in [2.45, 2.75) is 91.4 Å². The third-order valence-corrected chi connectivity index (χ3v) is 5.59. The van der Waals surface area contributed by atoms with Gasteiger partial charge >= 0.3 is 0 Å². The number of hydrogen-bond acceptors (Lipinski definition) is 2. The van der Waals surface area contributed by atoms with E-state index >= 15 is 0 Å². The van der Waals surface area contributed by atoms with E-state index in [1.807, 2.05) is 12.1 Å². The summed E-state index contributed by atoms with van der Waals surface area (Å²) in [5, 5.41) is 3.05. The van der Waals surface area contributed by atoms with Crippen LogP contribution in [0.3, 0.4) is 0 Å². The Labute approximate surface area is 149 Å². The summed E-state index contributed by atoms with van der Waals surface area (Å²) in [7, 11) is 0. The number of nitrogens with zero attached hydrogens (tertiary/aromatic N) is 1. The molecule has 2 nitrogen and oxygen atoms in total. The quantitative estimate of drug-likeness (QED) is 0.266. The molecular formula is C22H37NO. The van der Waals surface area contributed by atoms with Crippen LogP contribution in [0.5, 0.6) is 0 Å². The normalized spacial score (nSPS) is 15.0. The summed E-state index contributed by atoms with van der Waals surface area (Å²) in [4.78, 5) is 10.7. The van der Waals surface area contributed by atoms with Gasteiger partial charge in [-0.2, -0.15) is 0 Å². The van der Waals surface area contributed by atoms with Crippen LogP contribution in [0, 0.1) is 16.7 Å². The van der Waals surface area contributed by atoms with E-state index in [0.717, 1.165) is 11.8 Å². The monoisotopic (exact) mass is 331 g/mol. The first-order valence-corrected chi connectivity index (χ1v) is 10.1. The highest BCUT2D eigenvalue weighted by molar-refractivity contribution is 5.39. The minimum atomic E-state index is 0.538. The van der Waals surface area contributed by atoms with Crippen LogP contribution in [-0.4, -0.2) is 0 Å². The van der Waals surface area contributed by atoms with Gasteiger partial charge in [0.25, 0.3) is 0 Å². The predicted molar refractivity (Wildman–Crippen MR) is 106 cm³/mol. The Kier molecular flexibility index (Phi) is 10.6. The summed E-state index contributed by atoms with van der Waals surface area (Å²) in [6.07, 6.45) is 11.7. The predicted octanol–water partition coefficient (Wildman–Crippen LogP) is 7.99. The zero-order valence-corrected chi connectivity index (χ0v) is 16.3. The fourth-order valence-corrected chi connectivity index (χ4v) is 4.16. The second-order valence-corrected chi connectivity index (χ2v) is 7.17. The summed E-state index contributed by atoms with van der Waals surface area (Å²) in [6.45, 7) is 9.27. The first-order valence-electron chi connectivity index (χ1n) is 10.1. The molecule has 24 heavy (non-hydrogen) atoms. The van der Waals surface area contributed by atoms with Crippen LogP contribution in [0.2, 0.25) is 0 Å². The summed E-state index contributed by atoms with van der Waals surface area (Å²) >= 11 is 0. The van der Waals surface area contributed by atoms with Crippen LogP contribution in [0.15, 0.2) is 29.4 Å². The molecule has 0 N–H and O–H groups in total. The topological polar surface area (TPSA) is 29.4 Å². The van der Waals surface area contributed by atoms with E-state index in [4.69, 9.17) is 0 Å². The molecule has 1 rings (SSSR count). The van der Waals surface area contributed by atoms with Crippen molar-refractivity contribution in [2.24, 2.45) is 17.0 Å². The third-order valence-electron chi connectivity index (χ3n) is 5.59. The number of nitroso groups, excluding NO2 is 1. The molecular weight excluding hydrogens is 294 g/mol. The minimum Gasteiger partial charge on any atom is -0.145 e. The van der Waals surface area contributed by atoms with Crippen molar-refractivity contribution >= 4 is 5.69 Å². The Balaban J connectivity index is 2.96. The molecule has 0 saturated heterocycles. The van der Waals surface area contributed by atoms with Gasteiger partial charge in [-0.3, -0.25) is 0 Å². The van der Waals surface area contributed by atoms with Gasteiger partial charge in [0.1, 0.15) is 5.69 Å². The van der Waals surface area contributed by atoms with Gasteiger partial charge in [0.05, 0.1) is 0 Å². The van der Waals surface area contributed by atoms with Crippen LogP contribution < -0.4 is 0 Å². The van der Waals surface area contributed by atoms with Crippen LogP contribution in [-0.2, 0) is 0 Å². The molecule has 3 unspecified atom stereocenters. The van der Waals surface area contributed by atoms with E-state index in [1.54, 1.807) is 0 Å². The highest BCUT2D eigenvalue weighted by Crippen LogP contribution is 2.40. The average Bonchev–Trinajstić information content (AvgIpc) is 2.63. The van der Waals surface area contributed by atoms with Crippen LogP contribution in [0.25, 0.3) is 0 Å². The Morgan fingerprint density at radius 3 is 2.00 bits per heavy atom. The molecule has 2 heteroatoms. The molecule has 1 aromatic rings. The van der Waals surface area contributed by atoms with Gasteiger partial charge in [0.2, 0.25) is 0 Å². The Morgan fingerprint density at radius 1 is 0.833 bits per heavy atom. The van der Waals surface area contributed by atoms with E-state index in [-0.39, 0.29) is 0 Å². The molecule has 0 aliphatic rings. The lowest BCUT2D eigenvalue weighted by Gasteiger charge is -2.33. The Morgan fingerprint density at radius 2 is 1.50 bits per heavy atom. The average molecular weight is 332 g/mol. The van der Waals surface area contributed by atoms with Gasteiger partial charge in [-0.1, -0.05) is 91.2 Å². The summed E-state index contributed by atoms with van der Waals surface area (Å²) < 4.78 is 0. The first kappa shape index (κ1) is 20.9. The molecule has 3 atom stereocenters. The SMILES string of the molecule is CCCCCC(CC)C(CC)C(CCCC)c1ccc(N=O)cc1. The zero-order valence-electron chi connectivity index (χ0n) is 16.3. The van der Waals surface area contributed by atoms with Crippen molar-refractivity contribution in [1.82, 2.24) is 0 Å². The summed E-state index contributed by atoms with van der Waals surface area (Å²) in [5.74, 6) is 2.17. The molecule has 0 amide bonds. The number of hydrogen-bond donors (Lipinski definition) is 0. The second-order valence-electron chi connectivity index (χ2n) is 7.17. The largest absolute Gasteiger partial charge is 0.145 e. The summed E-state index contributed by atoms with van der Waals surface area (Å²) in [6, 6.07) is 8.04. The molecule has 136 valence electrons. The molecule has 0 bridgehead atoms. The number of benzene rings is 1. The van der Waals surface area contributed by atoms with Gasteiger partial charge in [-0.25, -0.2) is 0 Å². The number of unbranched alkanes of at least 4 members (excludes halogenated alkanes) is 3. The highest BCUT2D eigenvalue weighted by atomic mass is 16.3. The molecule has 0 aliphatic carbocycles. The van der Waals surface area contributed by atoms with E-state index < -0.39 is 0 Å². The second kappa shape index (κ2) is 12.2. The van der Waals surface area contributed by atoms with Crippen LogP contribution in [0.4, 0.5) is 5.69 Å². The van der Waals surface area contributed by atoms with Crippen molar-refractivity contribution < 1.29 is 0 Å². The lowest BCUT2D eigenvalue weighted by Crippen LogP contribution is -2.22. The Bertz CT molecular complexity index is 440. The highest BCUT2D eigenvalue weighted by Gasteiger charge is 2.27. The fraction of sp³-hybridized carbons (Fsp3) is 0.727. The molecule has 0 fully saturated rings. The lowest BCUT2D eigenvalue weighted by molar-refractivity contribution is 0.233. The van der Waals surface area contributed by atoms with Gasteiger partial charge in [0.15, 0.2) is 0 Å². The third kappa shape index (κ3) is 6.37. The van der Waals surface area contributed by atoms with Crippen molar-refractivity contribution in [1.29, 1.82) is 0 Å². The van der Waals surface area contributed by atoms with E-state index in [9.17, 15) is 4.91 Å². The maximum absolute atomic E-state index is 10.7. The van der Waals surface area contributed by atoms with Crippen molar-refractivity contribution in [3.05, 3.63) is 34.7 Å². The molecule has 0 aliphatic heterocycles. The van der Waals surface area contributed by atoms with E-state index in [1.165, 1.54) is 63.4 Å². The van der Waals surface area contributed by atoms with Gasteiger partial charge < -0.3 is 0 Å². The first-order chi connectivity index (χ1) is 11.7. The van der Waals surface area contributed by atoms with Crippen molar-refractivity contribution in [3.63, 3.8) is 0 Å². The molecule has 0 spiro atoms. The smallest absolute Gasteiger partial charge is 0.108 e. The molecule has 0 heterocycles. The van der Waals surface area contributed by atoms with Crippen molar-refractivity contribution in [2.75, 3.05) is 0 Å². The van der Waals surface area contributed by atoms with Gasteiger partial charge in [-0.15, -0.1) is 4.91 Å². The van der Waals surface area contributed by atoms with Crippen LogP contribution >= 0.6 is 0 Å². The van der Waals surface area contributed by atoms with E-state index in [2.05, 4.69) is 45.0 Å². The van der Waals surface area contributed by atoms with Crippen molar-refractivity contribution in [3.8, 4) is 0 Å². The lowest BCUT2D eigenvalue weighted by atomic mass is 9.71. The van der Waals surface area contributed by atoms with E-state index in [0.29, 0.717) is 11.6 Å². The number of rotatable bonds is 13. The maximum atomic E-state index is 10.7.